The average molecular weight is 597 g/mol. The molecule has 0 aliphatic heterocycles. The summed E-state index contributed by atoms with van der Waals surface area (Å²) in [5.41, 5.74) is 16.9. The van der Waals surface area contributed by atoms with Crippen molar-refractivity contribution >= 4 is 61.7 Å². The standard InChI is InChI=1S/2C9H14N4O4S.OS/c2*10-6(8(14)15)1-5-2-13(4-11-5)12-7(3-18)9(16)17;1-2/h2*2,4,6-7,12,18H,1,3,10H2,(H,14,15)(H,16,17);/t2*6-,7-;/m00./s1. The number of rotatable bonds is 14. The molecular formula is C18H28N8O9S3. The summed E-state index contributed by atoms with van der Waals surface area (Å²) in [5.74, 6) is -4.09. The molecule has 38 heavy (non-hydrogen) atoms. The first-order valence-corrected chi connectivity index (χ1v) is 11.9. The molecule has 0 unspecified atom stereocenters. The van der Waals surface area contributed by atoms with E-state index < -0.39 is 48.0 Å². The van der Waals surface area contributed by atoms with Crippen molar-refractivity contribution < 1.29 is 43.8 Å². The van der Waals surface area contributed by atoms with Crippen LogP contribution < -0.4 is 22.3 Å². The van der Waals surface area contributed by atoms with Crippen LogP contribution in [0.2, 0.25) is 0 Å². The number of carboxylic acid groups (broad SMARTS) is 4. The number of carboxylic acids is 4. The first-order valence-electron chi connectivity index (χ1n) is 10.3. The largest absolute Gasteiger partial charge is 0.480 e. The molecule has 0 radical (unpaired) electrons. The van der Waals surface area contributed by atoms with Gasteiger partial charge in [0.05, 0.1) is 11.4 Å². The van der Waals surface area contributed by atoms with E-state index in [1.54, 1.807) is 0 Å². The number of hydrogen-bond donors (Lipinski definition) is 10. The fourth-order valence-electron chi connectivity index (χ4n) is 2.41. The van der Waals surface area contributed by atoms with Gasteiger partial charge in [-0.05, 0) is 0 Å². The van der Waals surface area contributed by atoms with Gasteiger partial charge >= 0.3 is 23.9 Å². The van der Waals surface area contributed by atoms with E-state index in [0.29, 0.717) is 11.4 Å². The second kappa shape index (κ2) is 17.9. The lowest BCUT2D eigenvalue weighted by Gasteiger charge is -2.13. The Balaban J connectivity index is 0.000000676. The summed E-state index contributed by atoms with van der Waals surface area (Å²) in [5, 5.41) is 34.9. The molecule has 0 amide bonds. The van der Waals surface area contributed by atoms with E-state index in [1.165, 1.54) is 34.4 Å². The molecule has 212 valence electrons. The molecule has 2 aromatic rings. The Bertz CT molecular complexity index is 974. The second-order valence-corrected chi connectivity index (χ2v) is 7.98. The Hall–Kier alpha value is -3.46. The van der Waals surface area contributed by atoms with Crippen LogP contribution in [0.1, 0.15) is 11.4 Å². The average Bonchev–Trinajstić information content (AvgIpc) is 3.50. The highest BCUT2D eigenvalue weighted by Crippen LogP contribution is 2.02. The highest BCUT2D eigenvalue weighted by atomic mass is 32.1. The third-order valence-corrected chi connectivity index (χ3v) is 5.07. The van der Waals surface area contributed by atoms with Crippen molar-refractivity contribution in [3.63, 3.8) is 0 Å². The van der Waals surface area contributed by atoms with Crippen molar-refractivity contribution in [3.05, 3.63) is 36.4 Å². The zero-order valence-electron chi connectivity index (χ0n) is 19.5. The Kier molecular flexibility index (Phi) is 16.3. The van der Waals surface area contributed by atoms with E-state index >= 15 is 0 Å². The Morgan fingerprint density at radius 2 is 1.08 bits per heavy atom. The third-order valence-electron chi connectivity index (χ3n) is 4.34. The highest BCUT2D eigenvalue weighted by molar-refractivity contribution is 7.80. The van der Waals surface area contributed by atoms with Gasteiger partial charge in [0.1, 0.15) is 36.8 Å². The van der Waals surface area contributed by atoms with Crippen molar-refractivity contribution in [2.45, 2.75) is 37.0 Å². The van der Waals surface area contributed by atoms with E-state index in [9.17, 15) is 19.2 Å². The van der Waals surface area contributed by atoms with Gasteiger partial charge in [-0.1, -0.05) is 0 Å². The zero-order chi connectivity index (χ0) is 29.4. The van der Waals surface area contributed by atoms with Gasteiger partial charge in [0.25, 0.3) is 0 Å². The molecule has 0 spiro atoms. The Morgan fingerprint density at radius 3 is 1.32 bits per heavy atom. The van der Waals surface area contributed by atoms with Crippen molar-refractivity contribution in [2.24, 2.45) is 11.5 Å². The smallest absolute Gasteiger partial charge is 0.328 e. The van der Waals surface area contributed by atoms with Gasteiger partial charge in [0, 0.05) is 36.7 Å². The lowest BCUT2D eigenvalue weighted by Crippen LogP contribution is -2.36. The monoisotopic (exact) mass is 596 g/mol. The van der Waals surface area contributed by atoms with Crippen LogP contribution in [-0.2, 0) is 44.6 Å². The number of nitrogens with two attached hydrogens (primary N) is 2. The molecule has 4 atom stereocenters. The SMILES string of the molecule is N[C@@H](Cc1cn(N[C@@H](CS)C(=O)O)cn1)C(=O)O.N[C@@H](Cc1cn(N[C@@H](CS)C(=O)O)cn1)C(=O)O.O=S. The van der Waals surface area contributed by atoms with Crippen molar-refractivity contribution in [1.82, 2.24) is 19.3 Å². The maximum absolute atomic E-state index is 10.8. The predicted molar refractivity (Wildman–Crippen MR) is 141 cm³/mol. The van der Waals surface area contributed by atoms with Gasteiger partial charge < -0.3 is 42.7 Å². The molecule has 0 fully saturated rings. The molecule has 0 aromatic carbocycles. The summed E-state index contributed by atoms with van der Waals surface area (Å²) in [6, 6.07) is -3.78. The first kappa shape index (κ1) is 34.5. The molecule has 2 heterocycles. The summed E-state index contributed by atoms with van der Waals surface area (Å²) < 4.78 is 10.5. The number of hydrogen-bond acceptors (Lipinski definition) is 14. The predicted octanol–water partition coefficient (Wildman–Crippen LogP) is -2.81. The number of aliphatic carboxylic acids is 4. The quantitative estimate of drug-likeness (QED) is 0.0985. The number of nitrogens with zero attached hydrogens (tertiary/aromatic N) is 4. The van der Waals surface area contributed by atoms with Crippen molar-refractivity contribution in [3.8, 4) is 0 Å². The van der Waals surface area contributed by atoms with E-state index in [0.717, 1.165) is 0 Å². The molecule has 0 aliphatic rings. The maximum Gasteiger partial charge on any atom is 0.328 e. The van der Waals surface area contributed by atoms with Crippen LogP contribution in [-0.4, -0.2) is 104 Å². The zero-order valence-corrected chi connectivity index (χ0v) is 22.1. The molecule has 0 bridgehead atoms. The fraction of sp³-hybridized carbons (Fsp3) is 0.444. The van der Waals surface area contributed by atoms with Crippen LogP contribution in [0.5, 0.6) is 0 Å². The molecule has 2 aromatic heterocycles. The number of nitrogens with one attached hydrogen (secondary N) is 2. The van der Waals surface area contributed by atoms with Crippen LogP contribution in [0.4, 0.5) is 0 Å². The van der Waals surface area contributed by atoms with Crippen LogP contribution >= 0.6 is 25.3 Å². The molecule has 17 nitrogen and oxygen atoms in total. The van der Waals surface area contributed by atoms with Gasteiger partial charge in [-0.15, -0.1) is 0 Å². The lowest BCUT2D eigenvalue weighted by molar-refractivity contribution is -0.139. The third kappa shape index (κ3) is 12.7. The molecular weight excluding hydrogens is 568 g/mol. The van der Waals surface area contributed by atoms with E-state index in [2.05, 4.69) is 58.6 Å². The number of thiol groups is 2. The number of imidazole rings is 2. The van der Waals surface area contributed by atoms with Crippen molar-refractivity contribution in [2.75, 3.05) is 22.4 Å². The van der Waals surface area contributed by atoms with Crippen molar-refractivity contribution in [1.29, 1.82) is 0 Å². The van der Waals surface area contributed by atoms with E-state index in [4.69, 9.17) is 36.1 Å². The minimum atomic E-state index is -1.11. The summed E-state index contributed by atoms with van der Waals surface area (Å²) in [7, 11) is 0. The van der Waals surface area contributed by atoms with E-state index in [1.807, 2.05) is 0 Å². The lowest BCUT2D eigenvalue weighted by atomic mass is 10.2. The summed E-state index contributed by atoms with van der Waals surface area (Å²) in [6.45, 7) is 0. The minimum Gasteiger partial charge on any atom is -0.480 e. The number of aromatic nitrogens is 4. The number of carbonyl (C=O) groups is 4. The molecule has 10 N–H and O–H groups in total. The maximum atomic E-state index is 10.8. The molecule has 0 saturated heterocycles. The summed E-state index contributed by atoms with van der Waals surface area (Å²) >= 11 is 10.6. The van der Waals surface area contributed by atoms with Crippen LogP contribution in [0, 0.1) is 0 Å². The first-order chi connectivity index (χ1) is 17.9. The molecule has 0 saturated carbocycles. The molecule has 2 rings (SSSR count). The normalized spacial score (nSPS) is 13.3. The molecule has 0 aliphatic carbocycles. The minimum absolute atomic E-state index is 0.0721. The topological polar surface area (TPSA) is 278 Å². The van der Waals surface area contributed by atoms with Crippen LogP contribution in [0.15, 0.2) is 25.0 Å². The second-order valence-electron chi connectivity index (χ2n) is 7.25. The van der Waals surface area contributed by atoms with Gasteiger partial charge in [-0.3, -0.25) is 18.9 Å². The summed E-state index contributed by atoms with van der Waals surface area (Å²) in [6.07, 6.45) is 5.82. The van der Waals surface area contributed by atoms with Gasteiger partial charge in [-0.2, -0.15) is 29.5 Å². The van der Waals surface area contributed by atoms with Crippen LogP contribution in [0.25, 0.3) is 0 Å². The van der Waals surface area contributed by atoms with E-state index in [-0.39, 0.29) is 24.3 Å². The molecule has 20 heteroatoms. The van der Waals surface area contributed by atoms with Crippen LogP contribution in [0.3, 0.4) is 0 Å². The Morgan fingerprint density at radius 1 is 0.763 bits per heavy atom. The van der Waals surface area contributed by atoms with Gasteiger partial charge in [0.2, 0.25) is 0 Å². The fourth-order valence-corrected chi connectivity index (χ4v) is 2.89. The van der Waals surface area contributed by atoms with Gasteiger partial charge in [-0.25, -0.2) is 19.6 Å². The van der Waals surface area contributed by atoms with Gasteiger partial charge in [0.15, 0.2) is 12.5 Å². The summed E-state index contributed by atoms with van der Waals surface area (Å²) in [4.78, 5) is 50.5. The Labute approximate surface area is 231 Å². The highest BCUT2D eigenvalue weighted by Gasteiger charge is 2.18.